The van der Waals surface area contributed by atoms with Gasteiger partial charge in [-0.1, -0.05) is 61.6 Å². The number of hydrogen-bond acceptors (Lipinski definition) is 5. The third-order valence-electron chi connectivity index (χ3n) is 5.14. The highest BCUT2D eigenvalue weighted by Crippen LogP contribution is 2.17. The summed E-state index contributed by atoms with van der Waals surface area (Å²) >= 11 is 0.917. The molecule has 3 rings (SSSR count). The summed E-state index contributed by atoms with van der Waals surface area (Å²) in [7, 11) is -3.27. The van der Waals surface area contributed by atoms with Gasteiger partial charge < -0.3 is 5.32 Å². The van der Waals surface area contributed by atoms with Crippen LogP contribution in [0, 0.1) is 6.92 Å². The van der Waals surface area contributed by atoms with Crippen molar-refractivity contribution >= 4 is 27.1 Å². The Bertz CT molecular complexity index is 1240. The van der Waals surface area contributed by atoms with Crippen molar-refractivity contribution in [2.75, 3.05) is 6.26 Å². The molecular weight excluding hydrogens is 432 g/mol. The van der Waals surface area contributed by atoms with Crippen LogP contribution in [0.5, 0.6) is 0 Å². The van der Waals surface area contributed by atoms with Gasteiger partial charge in [-0.15, -0.1) is 0 Å². The van der Waals surface area contributed by atoms with Crippen LogP contribution in [0.15, 0.2) is 58.2 Å². The minimum Gasteiger partial charge on any atom is -0.347 e. The van der Waals surface area contributed by atoms with Gasteiger partial charge >= 0.3 is 4.87 Å². The SMILES string of the molecule is Cc1c(C(=O)NCc2ccc(C(C)C)cc2)sc(=O)n1Cc1ccc(S(C)(=O)=O)cc1. The zero-order valence-electron chi connectivity index (χ0n) is 18.0. The first-order chi connectivity index (χ1) is 14.6. The van der Waals surface area contributed by atoms with Crippen LogP contribution in [0.4, 0.5) is 0 Å². The molecule has 0 aliphatic rings. The molecule has 0 fully saturated rings. The highest BCUT2D eigenvalue weighted by molar-refractivity contribution is 7.90. The molecule has 0 spiro atoms. The van der Waals surface area contributed by atoms with Crippen molar-refractivity contribution in [1.29, 1.82) is 0 Å². The summed E-state index contributed by atoms with van der Waals surface area (Å²) in [6.45, 7) is 6.66. The van der Waals surface area contributed by atoms with Gasteiger partial charge in [0.15, 0.2) is 9.84 Å². The fraction of sp³-hybridized carbons (Fsp3) is 0.304. The fourth-order valence-corrected chi connectivity index (χ4v) is 4.72. The highest BCUT2D eigenvalue weighted by atomic mass is 32.2. The van der Waals surface area contributed by atoms with Crippen molar-refractivity contribution in [2.24, 2.45) is 0 Å². The van der Waals surface area contributed by atoms with Crippen LogP contribution in [-0.2, 0) is 22.9 Å². The molecule has 1 aromatic heterocycles. The number of aromatic nitrogens is 1. The molecule has 0 saturated heterocycles. The molecule has 0 radical (unpaired) electrons. The zero-order valence-corrected chi connectivity index (χ0v) is 19.6. The normalized spacial score (nSPS) is 11.6. The Morgan fingerprint density at radius 3 is 2.16 bits per heavy atom. The Hall–Kier alpha value is -2.71. The van der Waals surface area contributed by atoms with Crippen LogP contribution in [0.3, 0.4) is 0 Å². The average Bonchev–Trinajstić information content (AvgIpc) is 3.00. The number of carbonyl (C=O) groups is 1. The van der Waals surface area contributed by atoms with E-state index in [9.17, 15) is 18.0 Å². The Morgan fingerprint density at radius 2 is 1.61 bits per heavy atom. The number of benzene rings is 2. The second-order valence-corrected chi connectivity index (χ2v) is 10.8. The van der Waals surface area contributed by atoms with Gasteiger partial charge in [-0.05, 0) is 41.7 Å². The van der Waals surface area contributed by atoms with E-state index in [0.717, 1.165) is 28.7 Å². The molecular formula is C23H26N2O4S2. The van der Waals surface area contributed by atoms with Crippen LogP contribution in [0.2, 0.25) is 0 Å². The smallest absolute Gasteiger partial charge is 0.308 e. The van der Waals surface area contributed by atoms with Crippen molar-refractivity contribution in [1.82, 2.24) is 9.88 Å². The summed E-state index contributed by atoms with van der Waals surface area (Å²) in [5.41, 5.74) is 3.61. The predicted molar refractivity (Wildman–Crippen MR) is 124 cm³/mol. The molecule has 31 heavy (non-hydrogen) atoms. The third-order valence-corrected chi connectivity index (χ3v) is 7.35. The second-order valence-electron chi connectivity index (χ2n) is 7.86. The van der Waals surface area contributed by atoms with Crippen molar-refractivity contribution in [3.05, 3.63) is 85.5 Å². The number of rotatable bonds is 7. The summed E-state index contributed by atoms with van der Waals surface area (Å²) in [4.78, 5) is 25.5. The Morgan fingerprint density at radius 1 is 1.03 bits per heavy atom. The lowest BCUT2D eigenvalue weighted by atomic mass is 10.0. The highest BCUT2D eigenvalue weighted by Gasteiger charge is 2.18. The monoisotopic (exact) mass is 458 g/mol. The molecule has 0 bridgehead atoms. The van der Waals surface area contributed by atoms with Gasteiger partial charge in [-0.2, -0.15) is 0 Å². The Labute approximate surface area is 186 Å². The van der Waals surface area contributed by atoms with E-state index in [-0.39, 0.29) is 22.2 Å². The van der Waals surface area contributed by atoms with Gasteiger partial charge in [0.1, 0.15) is 4.88 Å². The summed E-state index contributed by atoms with van der Waals surface area (Å²) < 4.78 is 24.7. The fourth-order valence-electron chi connectivity index (χ4n) is 3.18. The van der Waals surface area contributed by atoms with Crippen molar-refractivity contribution in [3.63, 3.8) is 0 Å². The lowest BCUT2D eigenvalue weighted by Gasteiger charge is -2.09. The van der Waals surface area contributed by atoms with Crippen LogP contribution in [-0.4, -0.2) is 25.1 Å². The van der Waals surface area contributed by atoms with E-state index in [0.29, 0.717) is 23.0 Å². The lowest BCUT2D eigenvalue weighted by molar-refractivity contribution is 0.0954. The predicted octanol–water partition coefficient (Wildman–Crippen LogP) is 3.72. The molecule has 6 nitrogen and oxygen atoms in total. The zero-order chi connectivity index (χ0) is 22.8. The van der Waals surface area contributed by atoms with Crippen LogP contribution in [0.25, 0.3) is 0 Å². The topological polar surface area (TPSA) is 85.2 Å². The first-order valence-corrected chi connectivity index (χ1v) is 12.6. The van der Waals surface area contributed by atoms with Crippen molar-refractivity contribution in [3.8, 4) is 0 Å². The first kappa shape index (κ1) is 23.0. The molecule has 0 atom stereocenters. The average molecular weight is 459 g/mol. The standard InChI is InChI=1S/C23H26N2O4S2/c1-15(2)19-9-5-17(6-10-19)13-24-22(26)21-16(3)25(23(27)30-21)14-18-7-11-20(12-8-18)31(4,28)29/h5-12,15H,13-14H2,1-4H3,(H,24,26). The molecule has 2 aromatic carbocycles. The molecule has 1 amide bonds. The molecule has 1 N–H and O–H groups in total. The Kier molecular flexibility index (Phi) is 6.81. The summed E-state index contributed by atoms with van der Waals surface area (Å²) in [5, 5.41) is 2.89. The molecule has 0 aliphatic heterocycles. The molecule has 1 heterocycles. The maximum absolute atomic E-state index is 12.7. The van der Waals surface area contributed by atoms with Crippen molar-refractivity contribution < 1.29 is 13.2 Å². The molecule has 0 saturated carbocycles. The number of amides is 1. The van der Waals surface area contributed by atoms with Gasteiger partial charge in [0.2, 0.25) is 0 Å². The first-order valence-electron chi connectivity index (χ1n) is 9.92. The van der Waals surface area contributed by atoms with Crippen LogP contribution in [0.1, 0.15) is 51.8 Å². The van der Waals surface area contributed by atoms with E-state index in [1.165, 1.54) is 22.3 Å². The van der Waals surface area contributed by atoms with Crippen molar-refractivity contribution in [2.45, 2.75) is 44.7 Å². The number of nitrogens with one attached hydrogen (secondary N) is 1. The van der Waals surface area contributed by atoms with Crippen LogP contribution >= 0.6 is 11.3 Å². The maximum atomic E-state index is 12.7. The summed E-state index contributed by atoms with van der Waals surface area (Å²) in [6, 6.07) is 14.5. The number of thiazole rings is 1. The molecule has 0 aliphatic carbocycles. The van der Waals surface area contributed by atoms with Crippen LogP contribution < -0.4 is 10.2 Å². The van der Waals surface area contributed by atoms with Gasteiger partial charge in [0.25, 0.3) is 5.91 Å². The molecule has 8 heteroatoms. The quantitative estimate of drug-likeness (QED) is 0.585. The summed E-state index contributed by atoms with van der Waals surface area (Å²) in [5.74, 6) is 0.171. The van der Waals surface area contributed by atoms with E-state index in [2.05, 4.69) is 31.3 Å². The Balaban J connectivity index is 1.71. The lowest BCUT2D eigenvalue weighted by Crippen LogP contribution is -2.23. The van der Waals surface area contributed by atoms with E-state index in [1.54, 1.807) is 19.1 Å². The third kappa shape index (κ3) is 5.51. The number of carbonyl (C=O) groups excluding carboxylic acids is 1. The van der Waals surface area contributed by atoms with E-state index in [1.807, 2.05) is 12.1 Å². The molecule has 3 aromatic rings. The van der Waals surface area contributed by atoms with Gasteiger partial charge in [0.05, 0.1) is 11.4 Å². The number of hydrogen-bond donors (Lipinski definition) is 1. The number of nitrogens with zero attached hydrogens (tertiary/aromatic N) is 1. The van der Waals surface area contributed by atoms with Gasteiger partial charge in [-0.25, -0.2) is 8.42 Å². The largest absolute Gasteiger partial charge is 0.347 e. The molecule has 164 valence electrons. The number of sulfone groups is 1. The van der Waals surface area contributed by atoms with E-state index < -0.39 is 9.84 Å². The molecule has 0 unspecified atom stereocenters. The maximum Gasteiger partial charge on any atom is 0.308 e. The van der Waals surface area contributed by atoms with Gasteiger partial charge in [-0.3, -0.25) is 14.2 Å². The van der Waals surface area contributed by atoms with Gasteiger partial charge in [0, 0.05) is 18.5 Å². The van der Waals surface area contributed by atoms with E-state index in [4.69, 9.17) is 0 Å². The van der Waals surface area contributed by atoms with E-state index >= 15 is 0 Å². The second kappa shape index (κ2) is 9.20. The minimum atomic E-state index is -3.27. The minimum absolute atomic E-state index is 0.226. The summed E-state index contributed by atoms with van der Waals surface area (Å²) in [6.07, 6.45) is 1.15.